The van der Waals surface area contributed by atoms with Crippen LogP contribution >= 0.6 is 11.6 Å². The fourth-order valence-corrected chi connectivity index (χ4v) is 3.05. The zero-order chi connectivity index (χ0) is 24.3. The molecular weight excluding hydrogens is 467 g/mol. The van der Waals surface area contributed by atoms with Crippen molar-refractivity contribution in [1.82, 2.24) is 20.4 Å². The van der Waals surface area contributed by atoms with Crippen LogP contribution in [0.4, 0.5) is 18.9 Å². The third-order valence-corrected chi connectivity index (χ3v) is 4.85. The molecule has 33 heavy (non-hydrogen) atoms. The summed E-state index contributed by atoms with van der Waals surface area (Å²) in [6.45, 7) is 2.89. The topological polar surface area (TPSA) is 119 Å². The SMILES string of the molecule is COc1ncnc(C(=O)N[C@H](C)c2cc(C(=O)Nc3ccc(C)c(C(F)(F)F)c3)on2)c1Cl. The van der Waals surface area contributed by atoms with Crippen LogP contribution in [0.2, 0.25) is 5.02 Å². The molecule has 0 aliphatic heterocycles. The second-order valence-electron chi connectivity index (χ2n) is 6.84. The van der Waals surface area contributed by atoms with Gasteiger partial charge in [-0.1, -0.05) is 22.8 Å². The Balaban J connectivity index is 1.70. The van der Waals surface area contributed by atoms with Crippen molar-refractivity contribution in [2.45, 2.75) is 26.1 Å². The minimum absolute atomic E-state index is 0.0217. The number of aromatic nitrogens is 3. The molecule has 0 aliphatic rings. The predicted octanol–water partition coefficient (Wildman–Crippen LogP) is 4.20. The Morgan fingerprint density at radius 1 is 1.18 bits per heavy atom. The van der Waals surface area contributed by atoms with Crippen molar-refractivity contribution >= 4 is 29.1 Å². The average molecular weight is 484 g/mol. The molecule has 9 nitrogen and oxygen atoms in total. The number of nitrogens with one attached hydrogen (secondary N) is 2. The fourth-order valence-electron chi connectivity index (χ4n) is 2.79. The smallest absolute Gasteiger partial charge is 0.416 e. The Morgan fingerprint density at radius 3 is 2.58 bits per heavy atom. The van der Waals surface area contributed by atoms with Gasteiger partial charge in [-0.25, -0.2) is 9.97 Å². The summed E-state index contributed by atoms with van der Waals surface area (Å²) < 4.78 is 49.2. The number of ether oxygens (including phenoxy) is 1. The number of carbonyl (C=O) groups excluding carboxylic acids is 2. The van der Waals surface area contributed by atoms with Gasteiger partial charge in [-0.2, -0.15) is 13.2 Å². The van der Waals surface area contributed by atoms with Gasteiger partial charge in [0.2, 0.25) is 11.6 Å². The fraction of sp³-hybridized carbons (Fsp3) is 0.250. The van der Waals surface area contributed by atoms with Gasteiger partial charge in [0, 0.05) is 11.8 Å². The van der Waals surface area contributed by atoms with Crippen LogP contribution in [0, 0.1) is 6.92 Å². The largest absolute Gasteiger partial charge is 0.480 e. The van der Waals surface area contributed by atoms with E-state index >= 15 is 0 Å². The Bertz CT molecular complexity index is 1200. The van der Waals surface area contributed by atoms with E-state index in [1.54, 1.807) is 6.92 Å². The Hall–Kier alpha value is -3.67. The monoisotopic (exact) mass is 483 g/mol. The molecule has 3 aromatic rings. The molecule has 2 heterocycles. The Morgan fingerprint density at radius 2 is 1.91 bits per heavy atom. The van der Waals surface area contributed by atoms with Crippen LogP contribution in [-0.2, 0) is 6.18 Å². The number of hydrogen-bond acceptors (Lipinski definition) is 7. The van der Waals surface area contributed by atoms with E-state index in [1.807, 2.05) is 0 Å². The zero-order valence-corrected chi connectivity index (χ0v) is 18.2. The molecule has 2 aromatic heterocycles. The van der Waals surface area contributed by atoms with Gasteiger partial charge in [0.25, 0.3) is 11.8 Å². The number of anilines is 1. The average Bonchev–Trinajstić information content (AvgIpc) is 3.25. The molecule has 0 bridgehead atoms. The normalized spacial score (nSPS) is 12.2. The molecule has 1 atom stereocenters. The molecule has 0 aliphatic carbocycles. The molecule has 2 N–H and O–H groups in total. The van der Waals surface area contributed by atoms with Gasteiger partial charge in [-0.15, -0.1) is 0 Å². The summed E-state index contributed by atoms with van der Waals surface area (Å²) in [5, 5.41) is 8.57. The molecule has 0 saturated carbocycles. The first-order valence-electron chi connectivity index (χ1n) is 9.32. The van der Waals surface area contributed by atoms with Gasteiger partial charge in [0.05, 0.1) is 18.7 Å². The number of benzene rings is 1. The highest BCUT2D eigenvalue weighted by molar-refractivity contribution is 6.34. The quantitative estimate of drug-likeness (QED) is 0.539. The minimum atomic E-state index is -4.56. The number of alkyl halides is 3. The van der Waals surface area contributed by atoms with E-state index in [2.05, 4.69) is 25.8 Å². The first-order chi connectivity index (χ1) is 15.5. The molecule has 13 heteroatoms. The van der Waals surface area contributed by atoms with Crippen molar-refractivity contribution in [3.05, 3.63) is 63.9 Å². The van der Waals surface area contributed by atoms with Crippen LogP contribution < -0.4 is 15.4 Å². The number of carbonyl (C=O) groups is 2. The van der Waals surface area contributed by atoms with Gasteiger partial charge in [0.15, 0.2) is 5.69 Å². The summed E-state index contributed by atoms with van der Waals surface area (Å²) in [4.78, 5) is 32.5. The highest BCUT2D eigenvalue weighted by Crippen LogP contribution is 2.33. The number of aryl methyl sites for hydroxylation is 1. The van der Waals surface area contributed by atoms with Crippen LogP contribution in [0.5, 0.6) is 5.88 Å². The summed E-state index contributed by atoms with van der Waals surface area (Å²) >= 11 is 6.04. The zero-order valence-electron chi connectivity index (χ0n) is 17.5. The van der Waals surface area contributed by atoms with Crippen molar-refractivity contribution in [1.29, 1.82) is 0 Å². The van der Waals surface area contributed by atoms with Crippen molar-refractivity contribution in [2.75, 3.05) is 12.4 Å². The van der Waals surface area contributed by atoms with Gasteiger partial charge in [0.1, 0.15) is 17.0 Å². The van der Waals surface area contributed by atoms with E-state index in [0.29, 0.717) is 0 Å². The molecule has 1 aromatic carbocycles. The molecule has 0 radical (unpaired) electrons. The highest BCUT2D eigenvalue weighted by Gasteiger charge is 2.32. The van der Waals surface area contributed by atoms with Gasteiger partial charge in [-0.05, 0) is 31.5 Å². The minimum Gasteiger partial charge on any atom is -0.480 e. The Labute approximate surface area is 190 Å². The van der Waals surface area contributed by atoms with E-state index in [0.717, 1.165) is 12.4 Å². The number of hydrogen-bond donors (Lipinski definition) is 2. The second kappa shape index (κ2) is 9.45. The van der Waals surface area contributed by atoms with Crippen LogP contribution in [0.25, 0.3) is 0 Å². The molecule has 3 rings (SSSR count). The maximum absolute atomic E-state index is 13.1. The molecule has 2 amide bonds. The number of methoxy groups -OCH3 is 1. The van der Waals surface area contributed by atoms with Crippen molar-refractivity contribution < 1.29 is 32.0 Å². The number of amides is 2. The van der Waals surface area contributed by atoms with E-state index in [4.69, 9.17) is 20.9 Å². The highest BCUT2D eigenvalue weighted by atomic mass is 35.5. The number of rotatable bonds is 6. The molecule has 0 fully saturated rings. The maximum atomic E-state index is 13.1. The van der Waals surface area contributed by atoms with E-state index in [9.17, 15) is 22.8 Å². The van der Waals surface area contributed by atoms with Crippen molar-refractivity contribution in [3.63, 3.8) is 0 Å². The van der Waals surface area contributed by atoms with E-state index in [-0.39, 0.29) is 39.3 Å². The number of halogens is 4. The van der Waals surface area contributed by atoms with Crippen LogP contribution in [-0.4, -0.2) is 34.0 Å². The summed E-state index contributed by atoms with van der Waals surface area (Å²) in [7, 11) is 1.33. The van der Waals surface area contributed by atoms with E-state index < -0.39 is 29.6 Å². The van der Waals surface area contributed by atoms with E-state index in [1.165, 1.54) is 32.2 Å². The maximum Gasteiger partial charge on any atom is 0.416 e. The second-order valence-corrected chi connectivity index (χ2v) is 7.22. The van der Waals surface area contributed by atoms with Crippen LogP contribution in [0.15, 0.2) is 35.1 Å². The van der Waals surface area contributed by atoms with Gasteiger partial charge in [-0.3, -0.25) is 9.59 Å². The number of nitrogens with zero attached hydrogens (tertiary/aromatic N) is 3. The van der Waals surface area contributed by atoms with Crippen LogP contribution in [0.1, 0.15) is 50.8 Å². The summed E-state index contributed by atoms with van der Waals surface area (Å²) in [5.74, 6) is -1.70. The summed E-state index contributed by atoms with van der Waals surface area (Å²) in [6, 6.07) is 3.93. The van der Waals surface area contributed by atoms with Crippen molar-refractivity contribution in [3.8, 4) is 5.88 Å². The van der Waals surface area contributed by atoms with Crippen molar-refractivity contribution in [2.24, 2.45) is 0 Å². The lowest BCUT2D eigenvalue weighted by Crippen LogP contribution is -2.28. The molecule has 0 saturated heterocycles. The molecular formula is C20H17ClF3N5O4. The van der Waals surface area contributed by atoms with Crippen LogP contribution in [0.3, 0.4) is 0 Å². The first-order valence-corrected chi connectivity index (χ1v) is 9.70. The predicted molar refractivity (Wildman–Crippen MR) is 110 cm³/mol. The lowest BCUT2D eigenvalue weighted by Gasteiger charge is -2.12. The lowest BCUT2D eigenvalue weighted by atomic mass is 10.1. The summed E-state index contributed by atoms with van der Waals surface area (Å²) in [6.07, 6.45) is -3.45. The lowest BCUT2D eigenvalue weighted by molar-refractivity contribution is -0.138. The standard InChI is InChI=1S/C20H17ClF3N5O4/c1-9-4-5-11(6-12(9)20(22,23)24)28-17(30)14-7-13(29-33-14)10(2)27-18(31)16-15(21)19(32-3)26-8-25-16/h4-8,10H,1-3H3,(H,27,31)(H,28,30)/t10-/m1/s1. The Kier molecular flexibility index (Phi) is 6.86. The van der Waals surface area contributed by atoms with Gasteiger partial charge >= 0.3 is 6.18 Å². The summed E-state index contributed by atoms with van der Waals surface area (Å²) in [5.41, 5.74) is -0.852. The molecule has 0 spiro atoms. The molecule has 174 valence electrons. The first kappa shape index (κ1) is 24.0. The van der Waals surface area contributed by atoms with Gasteiger partial charge < -0.3 is 19.9 Å². The third kappa shape index (κ3) is 5.40. The third-order valence-electron chi connectivity index (χ3n) is 4.51. The molecule has 0 unspecified atom stereocenters.